The molecule has 1 N–H and O–H groups in total. The number of pyridine rings is 1. The standard InChI is InChI=1S/C10H16N2O/c1-3-8-11-9-6-5-7-10(12-9)13-4-2/h5-7H,3-4,8H2,1-2H3,(H,11,12). The number of aromatic nitrogens is 1. The van der Waals surface area contributed by atoms with E-state index in [9.17, 15) is 0 Å². The summed E-state index contributed by atoms with van der Waals surface area (Å²) in [5, 5.41) is 3.20. The quantitative estimate of drug-likeness (QED) is 0.755. The lowest BCUT2D eigenvalue weighted by molar-refractivity contribution is 0.327. The molecule has 0 amide bonds. The molecule has 0 aliphatic carbocycles. The minimum atomic E-state index is 0.657. The van der Waals surface area contributed by atoms with Gasteiger partial charge in [-0.15, -0.1) is 0 Å². The topological polar surface area (TPSA) is 34.1 Å². The molecule has 1 aromatic rings. The molecule has 0 unspecified atom stereocenters. The predicted molar refractivity (Wildman–Crippen MR) is 54.2 cm³/mol. The zero-order chi connectivity index (χ0) is 9.52. The van der Waals surface area contributed by atoms with Gasteiger partial charge in [0.15, 0.2) is 0 Å². The van der Waals surface area contributed by atoms with Crippen molar-refractivity contribution >= 4 is 5.82 Å². The van der Waals surface area contributed by atoms with Crippen molar-refractivity contribution in [3.05, 3.63) is 18.2 Å². The summed E-state index contributed by atoms with van der Waals surface area (Å²) >= 11 is 0. The molecule has 0 aromatic carbocycles. The van der Waals surface area contributed by atoms with E-state index in [2.05, 4.69) is 17.2 Å². The Bertz CT molecular complexity index is 250. The van der Waals surface area contributed by atoms with Crippen LogP contribution in [0.15, 0.2) is 18.2 Å². The monoisotopic (exact) mass is 180 g/mol. The average molecular weight is 180 g/mol. The summed E-state index contributed by atoms with van der Waals surface area (Å²) in [4.78, 5) is 4.27. The summed E-state index contributed by atoms with van der Waals surface area (Å²) in [7, 11) is 0. The summed E-state index contributed by atoms with van der Waals surface area (Å²) in [5.41, 5.74) is 0. The Morgan fingerprint density at radius 1 is 1.38 bits per heavy atom. The molecular formula is C10H16N2O. The molecule has 0 fully saturated rings. The van der Waals surface area contributed by atoms with Crippen LogP contribution in [0, 0.1) is 0 Å². The van der Waals surface area contributed by atoms with Crippen molar-refractivity contribution < 1.29 is 4.74 Å². The van der Waals surface area contributed by atoms with E-state index in [1.165, 1.54) is 0 Å². The second-order valence-corrected chi connectivity index (χ2v) is 2.72. The zero-order valence-corrected chi connectivity index (χ0v) is 8.21. The number of hydrogen-bond donors (Lipinski definition) is 1. The van der Waals surface area contributed by atoms with Crippen LogP contribution in [0.2, 0.25) is 0 Å². The van der Waals surface area contributed by atoms with Crippen LogP contribution in [-0.4, -0.2) is 18.1 Å². The van der Waals surface area contributed by atoms with Gasteiger partial charge in [-0.25, -0.2) is 0 Å². The van der Waals surface area contributed by atoms with Gasteiger partial charge in [0, 0.05) is 12.6 Å². The van der Waals surface area contributed by atoms with Crippen LogP contribution in [0.5, 0.6) is 5.88 Å². The minimum absolute atomic E-state index is 0.657. The van der Waals surface area contributed by atoms with Crippen molar-refractivity contribution in [2.75, 3.05) is 18.5 Å². The fourth-order valence-corrected chi connectivity index (χ4v) is 0.995. The van der Waals surface area contributed by atoms with E-state index < -0.39 is 0 Å². The van der Waals surface area contributed by atoms with Crippen molar-refractivity contribution in [3.63, 3.8) is 0 Å². The van der Waals surface area contributed by atoms with Crippen molar-refractivity contribution in [2.45, 2.75) is 20.3 Å². The Morgan fingerprint density at radius 2 is 2.23 bits per heavy atom. The lowest BCUT2D eigenvalue weighted by atomic mass is 10.4. The molecule has 0 atom stereocenters. The van der Waals surface area contributed by atoms with E-state index in [0.29, 0.717) is 12.5 Å². The van der Waals surface area contributed by atoms with Gasteiger partial charge in [-0.3, -0.25) is 0 Å². The summed E-state index contributed by atoms with van der Waals surface area (Å²) in [6.07, 6.45) is 1.10. The Hall–Kier alpha value is -1.25. The maximum absolute atomic E-state index is 5.28. The highest BCUT2D eigenvalue weighted by Gasteiger charge is 1.95. The molecule has 0 aliphatic rings. The third kappa shape index (κ3) is 3.32. The number of hydrogen-bond acceptors (Lipinski definition) is 3. The molecule has 3 nitrogen and oxygen atoms in total. The van der Waals surface area contributed by atoms with Gasteiger partial charge in [0.2, 0.25) is 5.88 Å². The molecule has 72 valence electrons. The molecular weight excluding hydrogens is 164 g/mol. The molecule has 1 rings (SSSR count). The molecule has 0 saturated heterocycles. The largest absolute Gasteiger partial charge is 0.478 e. The summed E-state index contributed by atoms with van der Waals surface area (Å²) in [5.74, 6) is 1.57. The highest BCUT2D eigenvalue weighted by molar-refractivity contribution is 5.36. The minimum Gasteiger partial charge on any atom is -0.478 e. The van der Waals surface area contributed by atoms with Gasteiger partial charge >= 0.3 is 0 Å². The third-order valence-electron chi connectivity index (χ3n) is 1.57. The van der Waals surface area contributed by atoms with Gasteiger partial charge in [-0.05, 0) is 19.4 Å². The van der Waals surface area contributed by atoms with Crippen LogP contribution in [0.25, 0.3) is 0 Å². The molecule has 0 radical (unpaired) electrons. The summed E-state index contributed by atoms with van der Waals surface area (Å²) in [6, 6.07) is 5.74. The van der Waals surface area contributed by atoms with E-state index in [1.54, 1.807) is 0 Å². The second-order valence-electron chi connectivity index (χ2n) is 2.72. The molecule has 13 heavy (non-hydrogen) atoms. The smallest absolute Gasteiger partial charge is 0.215 e. The van der Waals surface area contributed by atoms with Crippen LogP contribution in [0.1, 0.15) is 20.3 Å². The van der Waals surface area contributed by atoms with E-state index in [-0.39, 0.29) is 0 Å². The van der Waals surface area contributed by atoms with Gasteiger partial charge in [0.25, 0.3) is 0 Å². The number of rotatable bonds is 5. The fraction of sp³-hybridized carbons (Fsp3) is 0.500. The van der Waals surface area contributed by atoms with E-state index in [0.717, 1.165) is 18.8 Å². The van der Waals surface area contributed by atoms with Crippen molar-refractivity contribution in [3.8, 4) is 5.88 Å². The van der Waals surface area contributed by atoms with Crippen LogP contribution < -0.4 is 10.1 Å². The molecule has 3 heteroatoms. The van der Waals surface area contributed by atoms with Crippen LogP contribution in [0.4, 0.5) is 5.82 Å². The molecule has 1 heterocycles. The number of nitrogens with zero attached hydrogens (tertiary/aromatic N) is 1. The number of ether oxygens (including phenoxy) is 1. The van der Waals surface area contributed by atoms with E-state index in [1.807, 2.05) is 25.1 Å². The zero-order valence-electron chi connectivity index (χ0n) is 8.21. The summed E-state index contributed by atoms with van der Waals surface area (Å²) in [6.45, 7) is 5.68. The van der Waals surface area contributed by atoms with Crippen molar-refractivity contribution in [1.29, 1.82) is 0 Å². The van der Waals surface area contributed by atoms with Gasteiger partial charge in [0.1, 0.15) is 5.82 Å². The predicted octanol–water partition coefficient (Wildman–Crippen LogP) is 2.30. The Balaban J connectivity index is 2.56. The Morgan fingerprint density at radius 3 is 2.92 bits per heavy atom. The van der Waals surface area contributed by atoms with Crippen molar-refractivity contribution in [2.24, 2.45) is 0 Å². The second kappa shape index (κ2) is 5.41. The third-order valence-corrected chi connectivity index (χ3v) is 1.57. The molecule has 0 aliphatic heterocycles. The maximum Gasteiger partial charge on any atom is 0.215 e. The van der Waals surface area contributed by atoms with Gasteiger partial charge in [-0.1, -0.05) is 13.0 Å². The number of anilines is 1. The highest BCUT2D eigenvalue weighted by atomic mass is 16.5. The van der Waals surface area contributed by atoms with Crippen LogP contribution in [-0.2, 0) is 0 Å². The lowest BCUT2D eigenvalue weighted by Crippen LogP contribution is -2.03. The average Bonchev–Trinajstić information content (AvgIpc) is 2.16. The normalized spacial score (nSPS) is 9.69. The van der Waals surface area contributed by atoms with E-state index >= 15 is 0 Å². The fourth-order valence-electron chi connectivity index (χ4n) is 0.995. The van der Waals surface area contributed by atoms with Crippen LogP contribution >= 0.6 is 0 Å². The van der Waals surface area contributed by atoms with Gasteiger partial charge in [-0.2, -0.15) is 4.98 Å². The van der Waals surface area contributed by atoms with Crippen molar-refractivity contribution in [1.82, 2.24) is 4.98 Å². The maximum atomic E-state index is 5.28. The first-order chi connectivity index (χ1) is 6.36. The van der Waals surface area contributed by atoms with Crippen LogP contribution in [0.3, 0.4) is 0 Å². The lowest BCUT2D eigenvalue weighted by Gasteiger charge is -2.05. The first-order valence-electron chi connectivity index (χ1n) is 4.70. The van der Waals surface area contributed by atoms with Gasteiger partial charge < -0.3 is 10.1 Å². The molecule has 0 spiro atoms. The Kier molecular flexibility index (Phi) is 4.09. The Labute approximate surface area is 79.1 Å². The molecule has 0 saturated carbocycles. The highest BCUT2D eigenvalue weighted by Crippen LogP contribution is 2.10. The molecule has 0 bridgehead atoms. The SMILES string of the molecule is CCCNc1cccc(OCC)n1. The first kappa shape index (κ1) is 9.84. The van der Waals surface area contributed by atoms with E-state index in [4.69, 9.17) is 4.74 Å². The number of nitrogens with one attached hydrogen (secondary N) is 1. The molecule has 1 aromatic heterocycles. The van der Waals surface area contributed by atoms with Gasteiger partial charge in [0.05, 0.1) is 6.61 Å². The summed E-state index contributed by atoms with van der Waals surface area (Å²) < 4.78 is 5.28. The first-order valence-corrected chi connectivity index (χ1v) is 4.70.